The summed E-state index contributed by atoms with van der Waals surface area (Å²) < 4.78 is 12.8. The second-order valence-electron chi connectivity index (χ2n) is 4.39. The largest absolute Gasteiger partial charge is 0.347 e. The Morgan fingerprint density at radius 1 is 1.24 bits per heavy atom. The molecule has 2 atom stereocenters. The molecule has 1 rings (SSSR count). The molecule has 1 amide bonds. The van der Waals surface area contributed by atoms with Gasteiger partial charge >= 0.3 is 0 Å². The highest BCUT2D eigenvalue weighted by Crippen LogP contribution is 2.13. The van der Waals surface area contributed by atoms with Crippen molar-refractivity contribution in [1.82, 2.24) is 10.2 Å². The first-order valence-corrected chi connectivity index (χ1v) is 5.64. The summed E-state index contributed by atoms with van der Waals surface area (Å²) in [5, 5.41) is 3.18. The van der Waals surface area contributed by atoms with Crippen molar-refractivity contribution in [2.45, 2.75) is 25.9 Å². The third-order valence-corrected chi connectivity index (χ3v) is 2.68. The van der Waals surface area contributed by atoms with Gasteiger partial charge in [-0.05, 0) is 31.5 Å². The third-order valence-electron chi connectivity index (χ3n) is 2.68. The van der Waals surface area contributed by atoms with E-state index in [1.165, 1.54) is 12.1 Å². The molecule has 1 aromatic carbocycles. The maximum Gasteiger partial charge on any atom is 0.238 e. The Bertz CT molecular complexity index is 376. The van der Waals surface area contributed by atoms with Crippen LogP contribution in [0.15, 0.2) is 24.3 Å². The van der Waals surface area contributed by atoms with Crippen LogP contribution in [0.4, 0.5) is 4.39 Å². The molecule has 0 saturated carbocycles. The number of nitrogens with one attached hydrogen (secondary N) is 1. The zero-order chi connectivity index (χ0) is 13.0. The Kier molecular flexibility index (Phi) is 4.63. The van der Waals surface area contributed by atoms with Gasteiger partial charge in [0.1, 0.15) is 5.82 Å². The number of benzene rings is 1. The van der Waals surface area contributed by atoms with Gasteiger partial charge in [-0.1, -0.05) is 12.1 Å². The van der Waals surface area contributed by atoms with E-state index in [-0.39, 0.29) is 23.8 Å². The van der Waals surface area contributed by atoms with Crippen LogP contribution in [-0.2, 0) is 4.79 Å². The fourth-order valence-electron chi connectivity index (χ4n) is 1.68. The molecular formula is C13H19FN2O. The number of halogens is 1. The fraction of sp³-hybridized carbons (Fsp3) is 0.462. The summed E-state index contributed by atoms with van der Waals surface area (Å²) in [6.45, 7) is 3.77. The minimum absolute atomic E-state index is 0.00880. The molecule has 0 fully saturated rings. The summed E-state index contributed by atoms with van der Waals surface area (Å²) in [4.78, 5) is 13.2. The number of amides is 1. The summed E-state index contributed by atoms with van der Waals surface area (Å²) in [6.07, 6.45) is 0. The zero-order valence-corrected chi connectivity index (χ0v) is 10.7. The molecule has 0 heterocycles. The number of nitrogens with zero attached hydrogens (tertiary/aromatic N) is 1. The minimum atomic E-state index is -0.259. The Morgan fingerprint density at radius 2 is 1.76 bits per heavy atom. The van der Waals surface area contributed by atoms with Gasteiger partial charge in [0.05, 0.1) is 6.04 Å². The van der Waals surface area contributed by atoms with E-state index in [1.54, 1.807) is 31.1 Å². The lowest BCUT2D eigenvalue weighted by Gasteiger charge is -2.22. The summed E-state index contributed by atoms with van der Waals surface area (Å²) in [5.74, 6) is -0.225. The van der Waals surface area contributed by atoms with Crippen molar-refractivity contribution in [3.8, 4) is 0 Å². The molecule has 1 aromatic rings. The first kappa shape index (κ1) is 13.6. The molecule has 0 aliphatic rings. The van der Waals surface area contributed by atoms with Crippen LogP contribution in [0.25, 0.3) is 0 Å². The van der Waals surface area contributed by atoms with Gasteiger partial charge in [0.2, 0.25) is 5.91 Å². The molecular weight excluding hydrogens is 219 g/mol. The van der Waals surface area contributed by atoms with Gasteiger partial charge in [0, 0.05) is 20.1 Å². The van der Waals surface area contributed by atoms with Crippen LogP contribution in [0.1, 0.15) is 25.5 Å². The van der Waals surface area contributed by atoms with Gasteiger partial charge in [-0.25, -0.2) is 4.39 Å². The summed E-state index contributed by atoms with van der Waals surface area (Å²) >= 11 is 0. The lowest BCUT2D eigenvalue weighted by Crippen LogP contribution is -2.42. The standard InChI is InChI=1S/C13H19FN2O/c1-9(11-5-7-12(14)8-6-11)15-10(2)13(17)16(3)4/h5-10,15H,1-4H3. The molecule has 0 aliphatic heterocycles. The van der Waals surface area contributed by atoms with Crippen molar-refractivity contribution in [3.05, 3.63) is 35.6 Å². The van der Waals surface area contributed by atoms with Gasteiger partial charge in [-0.15, -0.1) is 0 Å². The molecule has 0 saturated heterocycles. The van der Waals surface area contributed by atoms with Crippen molar-refractivity contribution < 1.29 is 9.18 Å². The van der Waals surface area contributed by atoms with Crippen molar-refractivity contribution >= 4 is 5.91 Å². The fourth-order valence-corrected chi connectivity index (χ4v) is 1.68. The van der Waals surface area contributed by atoms with Crippen molar-refractivity contribution in [1.29, 1.82) is 0 Å². The Balaban J connectivity index is 2.63. The molecule has 17 heavy (non-hydrogen) atoms. The van der Waals surface area contributed by atoms with Crippen molar-refractivity contribution in [3.63, 3.8) is 0 Å². The van der Waals surface area contributed by atoms with E-state index >= 15 is 0 Å². The topological polar surface area (TPSA) is 32.3 Å². The van der Waals surface area contributed by atoms with Crippen LogP contribution >= 0.6 is 0 Å². The van der Waals surface area contributed by atoms with Crippen LogP contribution in [0.3, 0.4) is 0 Å². The maximum absolute atomic E-state index is 12.8. The van der Waals surface area contributed by atoms with E-state index < -0.39 is 0 Å². The van der Waals surface area contributed by atoms with E-state index in [1.807, 2.05) is 13.8 Å². The number of hydrogen-bond acceptors (Lipinski definition) is 2. The number of carbonyl (C=O) groups is 1. The highest BCUT2D eigenvalue weighted by Gasteiger charge is 2.17. The lowest BCUT2D eigenvalue weighted by molar-refractivity contribution is -0.130. The molecule has 0 spiro atoms. The Labute approximate surface area is 102 Å². The van der Waals surface area contributed by atoms with Crippen LogP contribution in [0.5, 0.6) is 0 Å². The molecule has 1 N–H and O–H groups in total. The number of likely N-dealkylation sites (N-methyl/N-ethyl adjacent to an activating group) is 1. The summed E-state index contributed by atoms with van der Waals surface area (Å²) in [5.41, 5.74) is 0.963. The average molecular weight is 238 g/mol. The molecule has 0 aromatic heterocycles. The SMILES string of the molecule is CC(NC(C)c1ccc(F)cc1)C(=O)N(C)C. The predicted molar refractivity (Wildman–Crippen MR) is 66.1 cm³/mol. The molecule has 0 aliphatic carbocycles. The van der Waals surface area contributed by atoms with Crippen LogP contribution < -0.4 is 5.32 Å². The normalized spacial score (nSPS) is 14.2. The van der Waals surface area contributed by atoms with Gasteiger partial charge in [0.15, 0.2) is 0 Å². The first-order chi connectivity index (χ1) is 7.91. The second kappa shape index (κ2) is 5.77. The lowest BCUT2D eigenvalue weighted by atomic mass is 10.1. The highest BCUT2D eigenvalue weighted by molar-refractivity contribution is 5.80. The monoisotopic (exact) mass is 238 g/mol. The van der Waals surface area contributed by atoms with Gasteiger partial charge < -0.3 is 4.90 Å². The van der Waals surface area contributed by atoms with Crippen LogP contribution in [-0.4, -0.2) is 30.9 Å². The van der Waals surface area contributed by atoms with E-state index in [4.69, 9.17) is 0 Å². The highest BCUT2D eigenvalue weighted by atomic mass is 19.1. The Hall–Kier alpha value is -1.42. The average Bonchev–Trinajstić information content (AvgIpc) is 2.28. The predicted octanol–water partition coefficient (Wildman–Crippen LogP) is 1.95. The van der Waals surface area contributed by atoms with Crippen LogP contribution in [0.2, 0.25) is 0 Å². The summed E-state index contributed by atoms with van der Waals surface area (Å²) in [6, 6.07) is 6.04. The van der Waals surface area contributed by atoms with Gasteiger partial charge in [-0.2, -0.15) is 0 Å². The maximum atomic E-state index is 12.8. The van der Waals surface area contributed by atoms with E-state index in [9.17, 15) is 9.18 Å². The molecule has 0 bridgehead atoms. The third kappa shape index (κ3) is 3.82. The smallest absolute Gasteiger partial charge is 0.238 e. The Morgan fingerprint density at radius 3 is 2.24 bits per heavy atom. The van der Waals surface area contributed by atoms with Gasteiger partial charge in [-0.3, -0.25) is 10.1 Å². The number of rotatable bonds is 4. The van der Waals surface area contributed by atoms with E-state index in [0.29, 0.717) is 0 Å². The molecule has 0 radical (unpaired) electrons. The van der Waals surface area contributed by atoms with Crippen LogP contribution in [0, 0.1) is 5.82 Å². The molecule has 94 valence electrons. The van der Waals surface area contributed by atoms with Gasteiger partial charge in [0.25, 0.3) is 0 Å². The summed E-state index contributed by atoms with van der Waals surface area (Å²) in [7, 11) is 3.45. The van der Waals surface area contributed by atoms with Crippen molar-refractivity contribution in [2.24, 2.45) is 0 Å². The number of hydrogen-bond donors (Lipinski definition) is 1. The first-order valence-electron chi connectivity index (χ1n) is 5.64. The molecule has 2 unspecified atom stereocenters. The number of carbonyl (C=O) groups excluding carboxylic acids is 1. The minimum Gasteiger partial charge on any atom is -0.347 e. The molecule has 3 nitrogen and oxygen atoms in total. The second-order valence-corrected chi connectivity index (χ2v) is 4.39. The van der Waals surface area contributed by atoms with Crippen molar-refractivity contribution in [2.75, 3.05) is 14.1 Å². The molecule has 4 heteroatoms. The quantitative estimate of drug-likeness (QED) is 0.869. The zero-order valence-electron chi connectivity index (χ0n) is 10.7. The van der Waals surface area contributed by atoms with E-state index in [2.05, 4.69) is 5.32 Å². The van der Waals surface area contributed by atoms with E-state index in [0.717, 1.165) is 5.56 Å².